The van der Waals surface area contributed by atoms with Crippen molar-refractivity contribution >= 4 is 23.6 Å². The van der Waals surface area contributed by atoms with Gasteiger partial charge in [-0.2, -0.15) is 16.7 Å². The van der Waals surface area contributed by atoms with E-state index in [9.17, 15) is 9.59 Å². The molecule has 1 unspecified atom stereocenters. The summed E-state index contributed by atoms with van der Waals surface area (Å²) in [7, 11) is 1.60. The zero-order chi connectivity index (χ0) is 19.2. The second-order valence-electron chi connectivity index (χ2n) is 6.15. The van der Waals surface area contributed by atoms with Crippen LogP contribution in [0, 0.1) is 0 Å². The number of hydrogen-bond donors (Lipinski definition) is 1. The summed E-state index contributed by atoms with van der Waals surface area (Å²) in [6, 6.07) is 7.03. The zero-order valence-electron chi connectivity index (χ0n) is 15.0. The number of carboxylic acids is 1. The maximum Gasteiger partial charge on any atom is 0.305 e. The molecule has 1 saturated heterocycles. The van der Waals surface area contributed by atoms with Gasteiger partial charge in [0, 0.05) is 36.5 Å². The van der Waals surface area contributed by atoms with Crippen LogP contribution in [0.5, 0.6) is 5.75 Å². The van der Waals surface area contributed by atoms with Crippen molar-refractivity contribution in [1.82, 2.24) is 15.0 Å². The normalized spacial score (nSPS) is 16.9. The molecule has 0 bridgehead atoms. The number of hydrogen-bond acceptors (Lipinski definition) is 7. The molecule has 1 aliphatic heterocycles. The summed E-state index contributed by atoms with van der Waals surface area (Å²) >= 11 is 1.68. The molecule has 9 heteroatoms. The zero-order valence-corrected chi connectivity index (χ0v) is 15.8. The van der Waals surface area contributed by atoms with Gasteiger partial charge in [0.25, 0.3) is 0 Å². The van der Waals surface area contributed by atoms with Gasteiger partial charge in [0.15, 0.2) is 0 Å². The Bertz CT molecular complexity index is 793. The summed E-state index contributed by atoms with van der Waals surface area (Å²) in [5.41, 5.74) is 0.798. The van der Waals surface area contributed by atoms with Gasteiger partial charge in [-0.1, -0.05) is 5.16 Å². The van der Waals surface area contributed by atoms with E-state index in [-0.39, 0.29) is 24.8 Å². The number of nitrogens with zero attached hydrogens (tertiary/aromatic N) is 3. The fourth-order valence-corrected chi connectivity index (χ4v) is 3.99. The van der Waals surface area contributed by atoms with Crippen molar-refractivity contribution in [2.75, 3.05) is 25.2 Å². The fourth-order valence-electron chi connectivity index (χ4n) is 2.93. The Morgan fingerprint density at radius 1 is 1.37 bits per heavy atom. The van der Waals surface area contributed by atoms with Crippen molar-refractivity contribution in [2.24, 2.45) is 0 Å². The number of ether oxygens (including phenoxy) is 1. The third-order valence-corrected chi connectivity index (χ3v) is 5.42. The highest BCUT2D eigenvalue weighted by Gasteiger charge is 2.28. The molecule has 0 aliphatic carbocycles. The van der Waals surface area contributed by atoms with Gasteiger partial charge in [-0.25, -0.2) is 0 Å². The van der Waals surface area contributed by atoms with E-state index in [4.69, 9.17) is 14.4 Å². The second-order valence-corrected chi connectivity index (χ2v) is 7.30. The van der Waals surface area contributed by atoms with Gasteiger partial charge < -0.3 is 19.3 Å². The molecule has 1 amide bonds. The van der Waals surface area contributed by atoms with Crippen LogP contribution in [0.2, 0.25) is 0 Å². The molecule has 1 aromatic heterocycles. The molecule has 0 spiro atoms. The third kappa shape index (κ3) is 5.00. The lowest BCUT2D eigenvalue weighted by Gasteiger charge is -2.34. The first kappa shape index (κ1) is 19.2. The molecule has 0 radical (unpaired) electrons. The van der Waals surface area contributed by atoms with Crippen LogP contribution < -0.4 is 4.74 Å². The van der Waals surface area contributed by atoms with Crippen LogP contribution in [0.15, 0.2) is 28.8 Å². The second kappa shape index (κ2) is 8.90. The van der Waals surface area contributed by atoms with E-state index in [0.717, 1.165) is 17.1 Å². The van der Waals surface area contributed by atoms with Gasteiger partial charge >= 0.3 is 5.97 Å². The van der Waals surface area contributed by atoms with Crippen LogP contribution in [0.25, 0.3) is 11.4 Å². The number of aromatic nitrogens is 2. The Labute approximate surface area is 160 Å². The number of carbonyl (C=O) groups is 2. The molecule has 1 atom stereocenters. The monoisotopic (exact) mass is 391 g/mol. The largest absolute Gasteiger partial charge is 0.497 e. The Kier molecular flexibility index (Phi) is 6.33. The topological polar surface area (TPSA) is 106 Å². The lowest BCUT2D eigenvalue weighted by Crippen LogP contribution is -2.47. The molecule has 8 nitrogen and oxygen atoms in total. The van der Waals surface area contributed by atoms with E-state index < -0.39 is 5.97 Å². The number of aliphatic carboxylic acids is 1. The smallest absolute Gasteiger partial charge is 0.305 e. The Morgan fingerprint density at radius 3 is 2.85 bits per heavy atom. The van der Waals surface area contributed by atoms with Gasteiger partial charge in [0.05, 0.1) is 19.6 Å². The van der Waals surface area contributed by atoms with E-state index in [0.29, 0.717) is 30.4 Å². The van der Waals surface area contributed by atoms with Crippen LogP contribution in [0.3, 0.4) is 0 Å². The van der Waals surface area contributed by atoms with Crippen LogP contribution >= 0.6 is 11.8 Å². The number of benzene rings is 1. The Balaban J connectivity index is 1.58. The lowest BCUT2D eigenvalue weighted by molar-refractivity contribution is -0.140. The number of methoxy groups -OCH3 is 1. The van der Waals surface area contributed by atoms with Crippen molar-refractivity contribution in [3.63, 3.8) is 0 Å². The van der Waals surface area contributed by atoms with Crippen molar-refractivity contribution < 1.29 is 24.0 Å². The molecule has 1 N–H and O–H groups in total. The summed E-state index contributed by atoms with van der Waals surface area (Å²) in [5.74, 6) is 2.09. The van der Waals surface area contributed by atoms with E-state index >= 15 is 0 Å². The maximum atomic E-state index is 12.5. The predicted octanol–water partition coefficient (Wildman–Crippen LogP) is 2.10. The first-order valence-electron chi connectivity index (χ1n) is 8.63. The number of amides is 1. The summed E-state index contributed by atoms with van der Waals surface area (Å²) in [6.45, 7) is 0.572. The minimum atomic E-state index is -0.888. The summed E-state index contributed by atoms with van der Waals surface area (Å²) in [5, 5.41) is 13.0. The molecular formula is C18H21N3O5S. The first-order chi connectivity index (χ1) is 13.1. The molecule has 0 saturated carbocycles. The van der Waals surface area contributed by atoms with Crippen LogP contribution in [-0.4, -0.2) is 63.2 Å². The number of rotatable bonds is 7. The average molecular weight is 391 g/mol. The highest BCUT2D eigenvalue weighted by Crippen LogP contribution is 2.22. The van der Waals surface area contributed by atoms with E-state index in [1.165, 1.54) is 0 Å². The van der Waals surface area contributed by atoms with Crippen LogP contribution in [-0.2, 0) is 16.0 Å². The number of aryl methyl sites for hydroxylation is 1. The Morgan fingerprint density at radius 2 is 2.15 bits per heavy atom. The van der Waals surface area contributed by atoms with Crippen LogP contribution in [0.4, 0.5) is 0 Å². The maximum absolute atomic E-state index is 12.5. The number of thioether (sulfide) groups is 1. The predicted molar refractivity (Wildman–Crippen MR) is 99.7 cm³/mol. The molecule has 3 rings (SSSR count). The van der Waals surface area contributed by atoms with E-state index in [2.05, 4.69) is 10.1 Å². The highest BCUT2D eigenvalue weighted by molar-refractivity contribution is 7.99. The van der Waals surface area contributed by atoms with Crippen molar-refractivity contribution in [1.29, 1.82) is 0 Å². The molecule has 2 aromatic rings. The standard InChI is InChI=1S/C18H21N3O5S/c1-25-14-4-2-12(3-5-14)18-19-15(26-20-18)6-7-16(22)21-8-9-27-11-13(21)10-17(23)24/h2-5,13H,6-11H2,1H3,(H,23,24). The van der Waals surface area contributed by atoms with Crippen molar-refractivity contribution in [2.45, 2.75) is 25.3 Å². The highest BCUT2D eigenvalue weighted by atomic mass is 32.2. The third-order valence-electron chi connectivity index (χ3n) is 4.33. The molecular weight excluding hydrogens is 370 g/mol. The van der Waals surface area contributed by atoms with Crippen molar-refractivity contribution in [3.05, 3.63) is 30.2 Å². The van der Waals surface area contributed by atoms with Gasteiger partial charge in [-0.05, 0) is 24.3 Å². The molecule has 2 heterocycles. The fraction of sp³-hybridized carbons (Fsp3) is 0.444. The summed E-state index contributed by atoms with van der Waals surface area (Å²) in [4.78, 5) is 29.5. The molecule has 1 fully saturated rings. The quantitative estimate of drug-likeness (QED) is 0.765. The lowest BCUT2D eigenvalue weighted by atomic mass is 10.1. The summed E-state index contributed by atoms with van der Waals surface area (Å²) < 4.78 is 10.4. The van der Waals surface area contributed by atoms with Gasteiger partial charge in [0.1, 0.15) is 5.75 Å². The molecule has 1 aliphatic rings. The minimum absolute atomic E-state index is 0.0269. The van der Waals surface area contributed by atoms with E-state index in [1.807, 2.05) is 24.3 Å². The Hall–Kier alpha value is -2.55. The number of carboxylic acid groups (broad SMARTS) is 1. The molecule has 144 valence electrons. The first-order valence-corrected chi connectivity index (χ1v) is 9.78. The van der Waals surface area contributed by atoms with Gasteiger partial charge in [0.2, 0.25) is 17.6 Å². The van der Waals surface area contributed by atoms with Gasteiger partial charge in [-0.15, -0.1) is 0 Å². The number of carbonyl (C=O) groups excluding carboxylic acids is 1. The van der Waals surface area contributed by atoms with Gasteiger partial charge in [-0.3, -0.25) is 9.59 Å². The minimum Gasteiger partial charge on any atom is -0.497 e. The van der Waals surface area contributed by atoms with Crippen molar-refractivity contribution in [3.8, 4) is 17.1 Å². The average Bonchev–Trinajstić information content (AvgIpc) is 3.15. The SMILES string of the molecule is COc1ccc(-c2noc(CCC(=O)N3CCSCC3CC(=O)O)n2)cc1. The van der Waals surface area contributed by atoms with E-state index in [1.54, 1.807) is 23.8 Å². The summed E-state index contributed by atoms with van der Waals surface area (Å²) in [6.07, 6.45) is 0.511. The molecule has 27 heavy (non-hydrogen) atoms. The molecule has 1 aromatic carbocycles. The van der Waals surface area contributed by atoms with Crippen LogP contribution in [0.1, 0.15) is 18.7 Å².